The molecule has 0 spiro atoms. The van der Waals surface area contributed by atoms with Crippen molar-refractivity contribution in [1.29, 1.82) is 0 Å². The molecule has 0 radical (unpaired) electrons. The fourth-order valence-corrected chi connectivity index (χ4v) is 5.22. The van der Waals surface area contributed by atoms with Crippen LogP contribution in [0, 0.1) is 19.8 Å². The van der Waals surface area contributed by atoms with E-state index in [0.29, 0.717) is 0 Å². The smallest absolute Gasteiger partial charge is 0.138 e. The zero-order valence-electron chi connectivity index (χ0n) is 20.8. The molecule has 3 heterocycles. The number of rotatable bonds is 7. The van der Waals surface area contributed by atoms with Gasteiger partial charge in [-0.15, -0.1) is 0 Å². The Balaban J connectivity index is 1.34. The molecule has 1 fully saturated rings. The van der Waals surface area contributed by atoms with E-state index in [1.165, 1.54) is 49.9 Å². The predicted octanol–water partition coefficient (Wildman–Crippen LogP) is 5.84. The van der Waals surface area contributed by atoms with E-state index in [0.717, 1.165) is 52.1 Å². The standard InChI is InChI=1S/C28H35N5O/c1-19-24(28-30-20(2)27(31-28)22-7-9-23(34-4)10-8-22)11-12-25-26(19)29-18-33(25)15-5-6-21-13-16-32(3)17-14-21/h7-12,18,21H,5-6,13-17H2,1-4H3,(H,30,31). The number of piperidine rings is 1. The molecular formula is C28H35N5O. The third-order valence-electron chi connectivity index (χ3n) is 7.40. The average molecular weight is 458 g/mol. The van der Waals surface area contributed by atoms with E-state index in [4.69, 9.17) is 14.7 Å². The number of imidazole rings is 2. The summed E-state index contributed by atoms with van der Waals surface area (Å²) in [6, 6.07) is 12.4. The summed E-state index contributed by atoms with van der Waals surface area (Å²) in [5.41, 5.74) is 7.65. The molecule has 0 unspecified atom stereocenters. The predicted molar refractivity (Wildman–Crippen MR) is 138 cm³/mol. The van der Waals surface area contributed by atoms with Crippen LogP contribution < -0.4 is 4.74 Å². The van der Waals surface area contributed by atoms with Gasteiger partial charge in [-0.3, -0.25) is 0 Å². The summed E-state index contributed by atoms with van der Waals surface area (Å²) in [6.45, 7) is 7.74. The lowest BCUT2D eigenvalue weighted by atomic mass is 9.92. The van der Waals surface area contributed by atoms with Crippen LogP contribution in [0.15, 0.2) is 42.7 Å². The highest BCUT2D eigenvalue weighted by Crippen LogP contribution is 2.31. The van der Waals surface area contributed by atoms with Crippen LogP contribution >= 0.6 is 0 Å². The lowest BCUT2D eigenvalue weighted by molar-refractivity contribution is 0.209. The molecule has 0 saturated carbocycles. The zero-order chi connectivity index (χ0) is 23.7. The number of hydrogen-bond donors (Lipinski definition) is 1. The van der Waals surface area contributed by atoms with Gasteiger partial charge in [0.25, 0.3) is 0 Å². The van der Waals surface area contributed by atoms with Gasteiger partial charge in [0.1, 0.15) is 11.6 Å². The summed E-state index contributed by atoms with van der Waals surface area (Å²) in [4.78, 5) is 15.7. The van der Waals surface area contributed by atoms with Crippen molar-refractivity contribution in [3.8, 4) is 28.4 Å². The van der Waals surface area contributed by atoms with Crippen LogP contribution in [0.4, 0.5) is 0 Å². The number of nitrogens with zero attached hydrogens (tertiary/aromatic N) is 4. The maximum Gasteiger partial charge on any atom is 0.138 e. The highest BCUT2D eigenvalue weighted by atomic mass is 16.5. The van der Waals surface area contributed by atoms with Gasteiger partial charge in [0.15, 0.2) is 0 Å². The molecule has 178 valence electrons. The first kappa shape index (κ1) is 22.7. The fourth-order valence-electron chi connectivity index (χ4n) is 5.22. The minimum absolute atomic E-state index is 0.848. The van der Waals surface area contributed by atoms with Crippen LogP contribution in [0.25, 0.3) is 33.7 Å². The molecule has 34 heavy (non-hydrogen) atoms. The Morgan fingerprint density at radius 1 is 1.06 bits per heavy atom. The number of benzene rings is 2. The SMILES string of the molecule is COc1ccc(-c2nc(-c3ccc4c(ncn4CCCC4CCN(C)CC4)c3C)[nH]c2C)cc1. The Morgan fingerprint density at radius 3 is 2.56 bits per heavy atom. The first-order valence-corrected chi connectivity index (χ1v) is 12.4. The van der Waals surface area contributed by atoms with Crippen LogP contribution in [-0.2, 0) is 6.54 Å². The molecule has 0 aliphatic carbocycles. The number of nitrogens with one attached hydrogen (secondary N) is 1. The van der Waals surface area contributed by atoms with E-state index < -0.39 is 0 Å². The van der Waals surface area contributed by atoms with Gasteiger partial charge < -0.3 is 19.2 Å². The zero-order valence-corrected chi connectivity index (χ0v) is 20.8. The molecule has 6 heteroatoms. The average Bonchev–Trinajstić information content (AvgIpc) is 3.45. The highest BCUT2D eigenvalue weighted by molar-refractivity contribution is 5.86. The molecule has 5 rings (SSSR count). The molecule has 1 saturated heterocycles. The van der Waals surface area contributed by atoms with E-state index in [-0.39, 0.29) is 0 Å². The number of aromatic amines is 1. The van der Waals surface area contributed by atoms with E-state index in [1.807, 2.05) is 18.5 Å². The second kappa shape index (κ2) is 9.63. The van der Waals surface area contributed by atoms with Crippen molar-refractivity contribution >= 4 is 11.0 Å². The molecule has 0 amide bonds. The summed E-state index contributed by atoms with van der Waals surface area (Å²) in [5, 5.41) is 0. The summed E-state index contributed by atoms with van der Waals surface area (Å²) in [5.74, 6) is 2.61. The lowest BCUT2D eigenvalue weighted by Crippen LogP contribution is -2.30. The van der Waals surface area contributed by atoms with Gasteiger partial charge in [-0.2, -0.15) is 0 Å². The van der Waals surface area contributed by atoms with E-state index in [9.17, 15) is 0 Å². The normalized spacial score (nSPS) is 15.3. The van der Waals surface area contributed by atoms with Gasteiger partial charge in [-0.1, -0.05) is 0 Å². The molecule has 6 nitrogen and oxygen atoms in total. The van der Waals surface area contributed by atoms with Gasteiger partial charge in [0.2, 0.25) is 0 Å². The number of aromatic nitrogens is 4. The summed E-state index contributed by atoms with van der Waals surface area (Å²) in [6.07, 6.45) is 7.20. The first-order chi connectivity index (χ1) is 16.5. The van der Waals surface area contributed by atoms with Crippen molar-refractivity contribution in [3.05, 3.63) is 54.0 Å². The summed E-state index contributed by atoms with van der Waals surface area (Å²) < 4.78 is 7.61. The van der Waals surface area contributed by atoms with Crippen molar-refractivity contribution < 1.29 is 4.74 Å². The molecule has 0 atom stereocenters. The molecule has 1 aliphatic rings. The first-order valence-electron chi connectivity index (χ1n) is 12.4. The van der Waals surface area contributed by atoms with Crippen LogP contribution in [0.2, 0.25) is 0 Å². The number of H-pyrrole nitrogens is 1. The number of methoxy groups -OCH3 is 1. The number of fused-ring (bicyclic) bond motifs is 1. The van der Waals surface area contributed by atoms with Crippen molar-refractivity contribution in [2.75, 3.05) is 27.2 Å². The molecular weight excluding hydrogens is 422 g/mol. The van der Waals surface area contributed by atoms with Gasteiger partial charge in [-0.25, -0.2) is 9.97 Å². The van der Waals surface area contributed by atoms with Crippen LogP contribution in [0.1, 0.15) is 36.9 Å². The number of aryl methyl sites for hydroxylation is 3. The third kappa shape index (κ3) is 4.47. The van der Waals surface area contributed by atoms with Gasteiger partial charge in [0, 0.05) is 23.4 Å². The van der Waals surface area contributed by atoms with Crippen LogP contribution in [-0.4, -0.2) is 51.7 Å². The maximum absolute atomic E-state index is 5.29. The largest absolute Gasteiger partial charge is 0.497 e. The molecule has 1 aliphatic heterocycles. The minimum Gasteiger partial charge on any atom is -0.497 e. The lowest BCUT2D eigenvalue weighted by Gasteiger charge is -2.28. The Labute approximate surface area is 202 Å². The summed E-state index contributed by atoms with van der Waals surface area (Å²) in [7, 11) is 3.91. The van der Waals surface area contributed by atoms with Crippen LogP contribution in [0.5, 0.6) is 5.75 Å². The van der Waals surface area contributed by atoms with Crippen molar-refractivity contribution in [1.82, 2.24) is 24.4 Å². The fraction of sp³-hybridized carbons (Fsp3) is 0.429. The number of likely N-dealkylation sites (tertiary alicyclic amines) is 1. The Bertz CT molecular complexity index is 1260. The molecule has 4 aromatic rings. The highest BCUT2D eigenvalue weighted by Gasteiger charge is 2.18. The van der Waals surface area contributed by atoms with Gasteiger partial charge in [-0.05, 0) is 108 Å². The Kier molecular flexibility index (Phi) is 6.42. The Hall–Kier alpha value is -3.12. The quantitative estimate of drug-likeness (QED) is 0.379. The second-order valence-corrected chi connectivity index (χ2v) is 9.72. The monoisotopic (exact) mass is 457 g/mol. The van der Waals surface area contributed by atoms with E-state index in [1.54, 1.807) is 7.11 Å². The number of hydrogen-bond acceptors (Lipinski definition) is 4. The number of ether oxygens (including phenoxy) is 1. The molecule has 2 aromatic carbocycles. The molecule has 0 bridgehead atoms. The topological polar surface area (TPSA) is 59.0 Å². The molecule has 2 aromatic heterocycles. The Morgan fingerprint density at radius 2 is 1.82 bits per heavy atom. The second-order valence-electron chi connectivity index (χ2n) is 9.72. The van der Waals surface area contributed by atoms with Crippen LogP contribution in [0.3, 0.4) is 0 Å². The van der Waals surface area contributed by atoms with Gasteiger partial charge in [0.05, 0.1) is 30.2 Å². The molecule has 1 N–H and O–H groups in total. The van der Waals surface area contributed by atoms with Crippen molar-refractivity contribution in [2.45, 2.75) is 46.1 Å². The van der Waals surface area contributed by atoms with Crippen molar-refractivity contribution in [3.63, 3.8) is 0 Å². The van der Waals surface area contributed by atoms with Gasteiger partial charge >= 0.3 is 0 Å². The van der Waals surface area contributed by atoms with E-state index in [2.05, 4.69) is 59.6 Å². The third-order valence-corrected chi connectivity index (χ3v) is 7.40. The minimum atomic E-state index is 0.848. The maximum atomic E-state index is 5.29. The van der Waals surface area contributed by atoms with Crippen molar-refractivity contribution in [2.24, 2.45) is 5.92 Å². The summed E-state index contributed by atoms with van der Waals surface area (Å²) >= 11 is 0. The van der Waals surface area contributed by atoms with E-state index >= 15 is 0 Å².